The Morgan fingerprint density at radius 1 is 0.741 bits per heavy atom. The molecule has 0 bridgehead atoms. The van der Waals surface area contributed by atoms with Crippen molar-refractivity contribution < 1.29 is 42.4 Å². The van der Waals surface area contributed by atoms with E-state index in [4.69, 9.17) is 33.3 Å². The van der Waals surface area contributed by atoms with Crippen molar-refractivity contribution in [3.63, 3.8) is 0 Å². The first kappa shape index (κ1) is 50.1. The lowest BCUT2D eigenvalue weighted by Crippen LogP contribution is -2.41. The maximum absolute atomic E-state index is 12.2. The van der Waals surface area contributed by atoms with Crippen LogP contribution in [-0.4, -0.2) is 86.1 Å². The van der Waals surface area contributed by atoms with Crippen LogP contribution in [0.5, 0.6) is 0 Å². The standard InChI is InChI=1S/C41H76N3O9P/c1-34(2)44(35(3)4)54(51-30-24-26-42)50-29-23-19-17-21-27-43-40(47)25-20-16-14-12-10-8-7-9-11-13-15-18-22-28-48-41-32-38(52-37(6)46)31-39(53-41)33-49-36(5)45/h34-35,38-39,41H,7-25,27-33H2,1-6H3,(H,43,47). The lowest BCUT2D eigenvalue weighted by Gasteiger charge is -2.35. The Morgan fingerprint density at radius 3 is 1.83 bits per heavy atom. The van der Waals surface area contributed by atoms with Crippen LogP contribution in [0.1, 0.15) is 176 Å². The zero-order valence-electron chi connectivity index (χ0n) is 34.8. The van der Waals surface area contributed by atoms with Gasteiger partial charge in [-0.15, -0.1) is 0 Å². The third kappa shape index (κ3) is 27.7. The molecule has 1 heterocycles. The molecule has 0 spiro atoms. The van der Waals surface area contributed by atoms with Crippen LogP contribution in [0.25, 0.3) is 0 Å². The van der Waals surface area contributed by atoms with Gasteiger partial charge in [0.1, 0.15) is 12.7 Å². The number of hydrogen-bond donors (Lipinski definition) is 1. The van der Waals surface area contributed by atoms with E-state index in [9.17, 15) is 14.4 Å². The number of nitrogens with zero attached hydrogens (tertiary/aromatic N) is 2. The van der Waals surface area contributed by atoms with E-state index in [1.807, 2.05) is 0 Å². The summed E-state index contributed by atoms with van der Waals surface area (Å²) >= 11 is 0. The van der Waals surface area contributed by atoms with Gasteiger partial charge in [-0.05, 0) is 53.4 Å². The van der Waals surface area contributed by atoms with Crippen LogP contribution in [0.2, 0.25) is 0 Å². The minimum Gasteiger partial charge on any atom is -0.463 e. The topological polar surface area (TPSA) is 146 Å². The molecule has 1 N–H and O–H groups in total. The number of amides is 1. The number of unbranched alkanes of at least 4 members (excludes halogenated alkanes) is 15. The molecule has 1 aliphatic heterocycles. The molecule has 0 radical (unpaired) electrons. The van der Waals surface area contributed by atoms with E-state index in [1.165, 1.54) is 71.6 Å². The van der Waals surface area contributed by atoms with Gasteiger partial charge in [0.2, 0.25) is 5.91 Å². The number of esters is 2. The van der Waals surface area contributed by atoms with Crippen LogP contribution in [-0.2, 0) is 42.4 Å². The molecule has 314 valence electrons. The minimum atomic E-state index is -1.17. The Balaban J connectivity index is 1.93. The number of nitrogens with one attached hydrogen (secondary N) is 1. The summed E-state index contributed by atoms with van der Waals surface area (Å²) in [7, 11) is -1.17. The summed E-state index contributed by atoms with van der Waals surface area (Å²) in [5, 5.41) is 11.9. The number of carbonyl (C=O) groups is 3. The Labute approximate surface area is 329 Å². The highest BCUT2D eigenvalue weighted by molar-refractivity contribution is 7.44. The maximum atomic E-state index is 12.2. The van der Waals surface area contributed by atoms with Gasteiger partial charge in [-0.2, -0.15) is 5.26 Å². The smallest absolute Gasteiger partial charge is 0.302 e. The number of hydrogen-bond acceptors (Lipinski definition) is 11. The van der Waals surface area contributed by atoms with Crippen LogP contribution >= 0.6 is 8.53 Å². The summed E-state index contributed by atoms with van der Waals surface area (Å²) < 4.78 is 36.6. The predicted octanol–water partition coefficient (Wildman–Crippen LogP) is 9.43. The number of ether oxygens (including phenoxy) is 4. The molecule has 0 aromatic rings. The highest BCUT2D eigenvalue weighted by Gasteiger charge is 2.32. The van der Waals surface area contributed by atoms with Gasteiger partial charge in [-0.1, -0.05) is 83.5 Å². The second-order valence-corrected chi connectivity index (χ2v) is 16.5. The molecule has 12 nitrogen and oxygen atoms in total. The van der Waals surface area contributed by atoms with Gasteiger partial charge in [-0.3, -0.25) is 14.4 Å². The minimum absolute atomic E-state index is 0.135. The van der Waals surface area contributed by atoms with E-state index in [0.717, 1.165) is 57.9 Å². The van der Waals surface area contributed by atoms with Crippen molar-refractivity contribution in [2.24, 2.45) is 0 Å². The summed E-state index contributed by atoms with van der Waals surface area (Å²) in [6.45, 7) is 13.8. The highest BCUT2D eigenvalue weighted by atomic mass is 31.2. The molecule has 54 heavy (non-hydrogen) atoms. The molecule has 4 atom stereocenters. The van der Waals surface area contributed by atoms with Gasteiger partial charge in [0.15, 0.2) is 6.29 Å². The van der Waals surface area contributed by atoms with Crippen LogP contribution in [0.15, 0.2) is 0 Å². The van der Waals surface area contributed by atoms with Crippen LogP contribution in [0, 0.1) is 11.3 Å². The lowest BCUT2D eigenvalue weighted by molar-refractivity contribution is -0.229. The number of nitriles is 1. The van der Waals surface area contributed by atoms with Crippen molar-refractivity contribution in [2.45, 2.75) is 207 Å². The van der Waals surface area contributed by atoms with Crippen molar-refractivity contribution in [1.82, 2.24) is 9.99 Å². The fraction of sp³-hybridized carbons (Fsp3) is 0.902. The zero-order valence-corrected chi connectivity index (χ0v) is 35.7. The lowest BCUT2D eigenvalue weighted by atomic mass is 10.0. The average molecular weight is 786 g/mol. The van der Waals surface area contributed by atoms with Crippen LogP contribution in [0.3, 0.4) is 0 Å². The van der Waals surface area contributed by atoms with Crippen molar-refractivity contribution in [1.29, 1.82) is 5.26 Å². The van der Waals surface area contributed by atoms with E-state index < -0.39 is 14.8 Å². The SMILES string of the molecule is CC(=O)OCC1CC(OC(C)=O)CC(OCCCCCCCCCCCCCCCC(=O)NCCCCCCOP(OCCC#N)N(C(C)C)C(C)C)O1. The molecule has 1 saturated heterocycles. The maximum Gasteiger partial charge on any atom is 0.302 e. The van der Waals surface area contributed by atoms with E-state index in [0.29, 0.717) is 57.6 Å². The van der Waals surface area contributed by atoms with Gasteiger partial charge >= 0.3 is 11.9 Å². The van der Waals surface area contributed by atoms with Gasteiger partial charge in [0.25, 0.3) is 8.53 Å². The molecule has 13 heteroatoms. The average Bonchev–Trinajstić information content (AvgIpc) is 3.10. The predicted molar refractivity (Wildman–Crippen MR) is 213 cm³/mol. The highest BCUT2D eigenvalue weighted by Crippen LogP contribution is 2.46. The molecule has 0 saturated carbocycles. The van der Waals surface area contributed by atoms with Gasteiger partial charge in [-0.25, -0.2) is 4.67 Å². The molecule has 1 aliphatic rings. The van der Waals surface area contributed by atoms with E-state index in [-0.39, 0.29) is 36.7 Å². The molecular weight excluding hydrogens is 709 g/mol. The van der Waals surface area contributed by atoms with Crippen molar-refractivity contribution in [3.8, 4) is 6.07 Å². The largest absolute Gasteiger partial charge is 0.463 e. The normalized spacial score (nSPS) is 17.8. The zero-order chi connectivity index (χ0) is 39.8. The summed E-state index contributed by atoms with van der Waals surface area (Å²) in [5.41, 5.74) is 0. The molecule has 0 aromatic carbocycles. The second-order valence-electron chi connectivity index (χ2n) is 15.1. The van der Waals surface area contributed by atoms with Gasteiger partial charge in [0.05, 0.1) is 31.8 Å². The molecule has 4 unspecified atom stereocenters. The fourth-order valence-electron chi connectivity index (χ4n) is 6.59. The first-order valence-electron chi connectivity index (χ1n) is 21.1. The van der Waals surface area contributed by atoms with E-state index >= 15 is 0 Å². The van der Waals surface area contributed by atoms with Crippen molar-refractivity contribution in [3.05, 3.63) is 0 Å². The summed E-state index contributed by atoms with van der Waals surface area (Å²) in [4.78, 5) is 34.8. The summed E-state index contributed by atoms with van der Waals surface area (Å²) in [6, 6.07) is 2.75. The first-order chi connectivity index (χ1) is 26.0. The quantitative estimate of drug-likeness (QED) is 0.0378. The summed E-state index contributed by atoms with van der Waals surface area (Å²) in [6.07, 6.45) is 20.5. The molecular formula is C41H76N3O9P. The Kier molecular flexibility index (Phi) is 30.9. The molecule has 1 fully saturated rings. The fourth-order valence-corrected chi connectivity index (χ4v) is 8.21. The Hall–Kier alpha value is -1.87. The Morgan fingerprint density at radius 2 is 1.28 bits per heavy atom. The van der Waals surface area contributed by atoms with Crippen LogP contribution in [0.4, 0.5) is 0 Å². The number of rotatable bonds is 34. The van der Waals surface area contributed by atoms with Crippen molar-refractivity contribution >= 4 is 26.4 Å². The molecule has 1 rings (SSSR count). The van der Waals surface area contributed by atoms with E-state index in [2.05, 4.69) is 43.8 Å². The van der Waals surface area contributed by atoms with Gasteiger partial charge in [0, 0.05) is 58.3 Å². The number of carbonyl (C=O) groups excluding carboxylic acids is 3. The summed E-state index contributed by atoms with van der Waals surface area (Å²) in [5.74, 6) is -0.516. The first-order valence-corrected chi connectivity index (χ1v) is 22.2. The molecule has 0 aliphatic carbocycles. The third-order valence-electron chi connectivity index (χ3n) is 9.24. The van der Waals surface area contributed by atoms with Crippen molar-refractivity contribution in [2.75, 3.05) is 33.0 Å². The van der Waals surface area contributed by atoms with Gasteiger partial charge < -0.3 is 33.3 Å². The second kappa shape index (κ2) is 33.3. The Bertz CT molecular complexity index is 1000. The van der Waals surface area contributed by atoms with Crippen LogP contribution < -0.4 is 5.32 Å². The van der Waals surface area contributed by atoms with E-state index in [1.54, 1.807) is 0 Å². The molecule has 0 aromatic heterocycles. The third-order valence-corrected chi connectivity index (χ3v) is 11.3. The monoisotopic (exact) mass is 786 g/mol. The molecule has 1 amide bonds.